The van der Waals surface area contributed by atoms with E-state index in [2.05, 4.69) is 84.8 Å². The van der Waals surface area contributed by atoms with E-state index < -0.39 is 0 Å². The number of piperidine rings is 1. The smallest absolute Gasteiger partial charge is 0.0101 e. The lowest BCUT2D eigenvalue weighted by Gasteiger charge is -2.40. The van der Waals surface area contributed by atoms with Crippen LogP contribution in [0.1, 0.15) is 166 Å². The van der Waals surface area contributed by atoms with E-state index in [0.717, 1.165) is 41.5 Å². The minimum absolute atomic E-state index is 0.711. The van der Waals surface area contributed by atoms with E-state index in [0.29, 0.717) is 12.1 Å². The highest BCUT2D eigenvalue weighted by Gasteiger charge is 2.25. The first-order chi connectivity index (χ1) is 19.5. The van der Waals surface area contributed by atoms with E-state index in [1.54, 1.807) is 0 Å². The predicted molar refractivity (Wildman–Crippen MR) is 186 cm³/mol. The maximum atomic E-state index is 3.39. The SMILES string of the molecule is CC(C)CC1CCCCC1.CC(C)CC1CCNCC1.CC(C)CC1CNC1.CC(C)N(C(C)C)C1CCCCC1. The molecule has 4 aliphatic rings. The standard InChI is InChI=1S/C12H25N.C10H20.C9H19N.C7H15N/c1-10(2)13(11(3)4)12-8-6-5-7-9-12;1-9(2)8-10-6-4-3-5-7-10;1-8(2)7-9-3-5-10-6-4-9;1-6(2)3-7-4-8-5-7/h10-12H,5-9H2,1-4H3;9-10H,3-8H2,1-2H3;8-10H,3-7H2,1-2H3;6-8H,3-5H2,1-2H3. The Kier molecular flexibility index (Phi) is 22.1. The van der Waals surface area contributed by atoms with Crippen LogP contribution < -0.4 is 10.6 Å². The summed E-state index contributed by atoms with van der Waals surface area (Å²) in [7, 11) is 0. The van der Waals surface area contributed by atoms with Gasteiger partial charge >= 0.3 is 0 Å². The van der Waals surface area contributed by atoms with Gasteiger partial charge in [0.1, 0.15) is 0 Å². The molecule has 2 aliphatic carbocycles. The van der Waals surface area contributed by atoms with Crippen molar-refractivity contribution < 1.29 is 0 Å². The van der Waals surface area contributed by atoms with Crippen molar-refractivity contribution in [1.29, 1.82) is 0 Å². The third kappa shape index (κ3) is 19.7. The Morgan fingerprint density at radius 2 is 0.854 bits per heavy atom. The van der Waals surface area contributed by atoms with Crippen molar-refractivity contribution in [3.63, 3.8) is 0 Å². The summed E-state index contributed by atoms with van der Waals surface area (Å²) >= 11 is 0. The quantitative estimate of drug-likeness (QED) is 0.285. The summed E-state index contributed by atoms with van der Waals surface area (Å²) in [6.07, 6.45) is 21.8. The molecule has 0 aromatic carbocycles. The van der Waals surface area contributed by atoms with Crippen LogP contribution in [0.4, 0.5) is 0 Å². The van der Waals surface area contributed by atoms with E-state index in [1.807, 2.05) is 0 Å². The maximum Gasteiger partial charge on any atom is 0.0101 e. The van der Waals surface area contributed by atoms with Crippen LogP contribution in [0.2, 0.25) is 0 Å². The topological polar surface area (TPSA) is 27.3 Å². The zero-order valence-corrected chi connectivity index (χ0v) is 30.1. The third-order valence-electron chi connectivity index (χ3n) is 9.65. The van der Waals surface area contributed by atoms with Gasteiger partial charge in [0.15, 0.2) is 0 Å². The van der Waals surface area contributed by atoms with Gasteiger partial charge in [0, 0.05) is 18.1 Å². The number of nitrogens with one attached hydrogen (secondary N) is 2. The van der Waals surface area contributed by atoms with Crippen LogP contribution in [0.5, 0.6) is 0 Å². The molecule has 246 valence electrons. The van der Waals surface area contributed by atoms with E-state index in [-0.39, 0.29) is 0 Å². The molecule has 2 N–H and O–H groups in total. The second kappa shape index (κ2) is 23.3. The Hall–Kier alpha value is -0.120. The molecule has 2 saturated heterocycles. The van der Waals surface area contributed by atoms with E-state index in [4.69, 9.17) is 0 Å². The minimum atomic E-state index is 0.711. The van der Waals surface area contributed by atoms with Gasteiger partial charge in [-0.1, -0.05) is 92.9 Å². The molecule has 0 radical (unpaired) electrons. The van der Waals surface area contributed by atoms with Crippen molar-refractivity contribution in [2.24, 2.45) is 35.5 Å². The fourth-order valence-corrected chi connectivity index (χ4v) is 7.87. The molecule has 3 heteroatoms. The molecule has 3 nitrogen and oxygen atoms in total. The fourth-order valence-electron chi connectivity index (χ4n) is 7.87. The van der Waals surface area contributed by atoms with Gasteiger partial charge in [-0.15, -0.1) is 0 Å². The lowest BCUT2D eigenvalue weighted by atomic mass is 9.84. The van der Waals surface area contributed by atoms with Crippen molar-refractivity contribution in [1.82, 2.24) is 15.5 Å². The highest BCUT2D eigenvalue weighted by atomic mass is 15.2. The van der Waals surface area contributed by atoms with Crippen LogP contribution in [0, 0.1) is 35.5 Å². The molecule has 0 bridgehead atoms. The predicted octanol–water partition coefficient (Wildman–Crippen LogP) is 10.3. The summed E-state index contributed by atoms with van der Waals surface area (Å²) in [5, 5.41) is 6.65. The molecule has 2 saturated carbocycles. The van der Waals surface area contributed by atoms with Crippen molar-refractivity contribution in [3.05, 3.63) is 0 Å². The summed E-state index contributed by atoms with van der Waals surface area (Å²) in [4.78, 5) is 2.69. The molecule has 2 aliphatic heterocycles. The van der Waals surface area contributed by atoms with Gasteiger partial charge in [-0.2, -0.15) is 0 Å². The molecule has 2 heterocycles. The molecule has 0 unspecified atom stereocenters. The number of hydrogen-bond acceptors (Lipinski definition) is 3. The van der Waals surface area contributed by atoms with Crippen LogP contribution in [0.3, 0.4) is 0 Å². The van der Waals surface area contributed by atoms with Crippen LogP contribution in [0.15, 0.2) is 0 Å². The highest BCUT2D eigenvalue weighted by Crippen LogP contribution is 2.29. The van der Waals surface area contributed by atoms with Crippen LogP contribution in [0.25, 0.3) is 0 Å². The van der Waals surface area contributed by atoms with Gasteiger partial charge in [-0.05, 0) is 134 Å². The van der Waals surface area contributed by atoms with Gasteiger partial charge in [-0.3, -0.25) is 4.90 Å². The minimum Gasteiger partial charge on any atom is -0.317 e. The summed E-state index contributed by atoms with van der Waals surface area (Å²) in [5.74, 6) is 5.79. The molecular formula is C38H79N3. The molecule has 4 rings (SSSR count). The van der Waals surface area contributed by atoms with Gasteiger partial charge < -0.3 is 10.6 Å². The molecule has 0 atom stereocenters. The average molecular weight is 578 g/mol. The monoisotopic (exact) mass is 578 g/mol. The molecule has 0 amide bonds. The van der Waals surface area contributed by atoms with Crippen molar-refractivity contribution in [3.8, 4) is 0 Å². The Balaban J connectivity index is 0.000000277. The van der Waals surface area contributed by atoms with E-state index in [1.165, 1.54) is 122 Å². The Labute approximate surface area is 260 Å². The zero-order chi connectivity index (χ0) is 30.6. The summed E-state index contributed by atoms with van der Waals surface area (Å²) in [6, 6.07) is 2.29. The van der Waals surface area contributed by atoms with Crippen LogP contribution in [-0.2, 0) is 0 Å². The van der Waals surface area contributed by atoms with Gasteiger partial charge in [0.05, 0.1) is 0 Å². The first-order valence-electron chi connectivity index (χ1n) is 18.7. The Morgan fingerprint density at radius 3 is 1.20 bits per heavy atom. The molecule has 4 fully saturated rings. The molecular weight excluding hydrogens is 498 g/mol. The second-order valence-electron chi connectivity index (χ2n) is 16.0. The summed E-state index contributed by atoms with van der Waals surface area (Å²) in [6.45, 7) is 28.2. The normalized spacial score (nSPS) is 21.4. The van der Waals surface area contributed by atoms with Crippen molar-refractivity contribution in [2.75, 3.05) is 26.2 Å². The van der Waals surface area contributed by atoms with Crippen LogP contribution >= 0.6 is 0 Å². The largest absolute Gasteiger partial charge is 0.317 e. The van der Waals surface area contributed by atoms with Gasteiger partial charge in [0.2, 0.25) is 0 Å². The molecule has 0 aromatic rings. The average Bonchev–Trinajstić information content (AvgIpc) is 2.88. The van der Waals surface area contributed by atoms with E-state index in [9.17, 15) is 0 Å². The van der Waals surface area contributed by atoms with Crippen LogP contribution in [-0.4, -0.2) is 49.2 Å². The molecule has 0 spiro atoms. The fraction of sp³-hybridized carbons (Fsp3) is 1.00. The van der Waals surface area contributed by atoms with Crippen molar-refractivity contribution >= 4 is 0 Å². The summed E-state index contributed by atoms with van der Waals surface area (Å²) < 4.78 is 0. The first kappa shape index (κ1) is 38.9. The van der Waals surface area contributed by atoms with E-state index >= 15 is 0 Å². The van der Waals surface area contributed by atoms with Gasteiger partial charge in [-0.25, -0.2) is 0 Å². The third-order valence-corrected chi connectivity index (χ3v) is 9.65. The lowest BCUT2D eigenvalue weighted by Crippen LogP contribution is -2.45. The van der Waals surface area contributed by atoms with Gasteiger partial charge in [0.25, 0.3) is 0 Å². The second-order valence-corrected chi connectivity index (χ2v) is 16.0. The molecule has 41 heavy (non-hydrogen) atoms. The number of hydrogen-bond donors (Lipinski definition) is 2. The Morgan fingerprint density at radius 1 is 0.463 bits per heavy atom. The zero-order valence-electron chi connectivity index (χ0n) is 30.1. The summed E-state index contributed by atoms with van der Waals surface area (Å²) in [5.41, 5.74) is 0. The lowest BCUT2D eigenvalue weighted by molar-refractivity contribution is 0.0864. The Bertz CT molecular complexity index is 530. The highest BCUT2D eigenvalue weighted by molar-refractivity contribution is 4.80. The van der Waals surface area contributed by atoms with Crippen molar-refractivity contribution in [2.45, 2.75) is 184 Å². The maximum absolute atomic E-state index is 3.39. The first-order valence-corrected chi connectivity index (χ1v) is 18.7. The molecule has 0 aromatic heterocycles. The number of nitrogens with zero attached hydrogens (tertiary/aromatic N) is 1. The number of rotatable bonds is 9.